The molecule has 1 N–H and O–H groups in total. The van der Waals surface area contributed by atoms with Crippen molar-refractivity contribution in [2.24, 2.45) is 17.8 Å². The monoisotopic (exact) mass is 239 g/mol. The third-order valence-electron chi connectivity index (χ3n) is 4.28. The van der Waals surface area contributed by atoms with Gasteiger partial charge in [-0.2, -0.15) is 0 Å². The minimum absolute atomic E-state index is 0.803. The lowest BCUT2D eigenvalue weighted by molar-refractivity contribution is 0.306. The molecule has 1 aliphatic rings. The molecule has 1 nitrogen and oxygen atoms in total. The highest BCUT2D eigenvalue weighted by atomic mass is 14.9. The highest BCUT2D eigenvalue weighted by Gasteiger charge is 2.24. The third-order valence-corrected chi connectivity index (χ3v) is 4.28. The maximum Gasteiger partial charge on any atom is 0.00953 e. The Balaban J connectivity index is 2.28. The summed E-state index contributed by atoms with van der Waals surface area (Å²) in [4.78, 5) is 0. The van der Waals surface area contributed by atoms with Gasteiger partial charge in [0.2, 0.25) is 0 Å². The molecule has 0 aromatic carbocycles. The van der Waals surface area contributed by atoms with E-state index in [0.717, 1.165) is 30.3 Å². The lowest BCUT2D eigenvalue weighted by Gasteiger charge is -2.26. The van der Waals surface area contributed by atoms with Crippen molar-refractivity contribution in [1.29, 1.82) is 0 Å². The molecule has 1 aliphatic carbocycles. The van der Waals surface area contributed by atoms with Gasteiger partial charge in [-0.15, -0.1) is 0 Å². The minimum atomic E-state index is 0.803. The molecule has 2 unspecified atom stereocenters. The topological polar surface area (TPSA) is 12.0 Å². The normalized spacial score (nSPS) is 21.0. The fourth-order valence-corrected chi connectivity index (χ4v) is 3.51. The maximum absolute atomic E-state index is 3.73. The molecular formula is C16H33N. The van der Waals surface area contributed by atoms with E-state index in [1.807, 2.05) is 0 Å². The molecule has 1 saturated carbocycles. The van der Waals surface area contributed by atoms with Crippen LogP contribution in [0.2, 0.25) is 0 Å². The summed E-state index contributed by atoms with van der Waals surface area (Å²) in [5.41, 5.74) is 0. The zero-order chi connectivity index (χ0) is 12.7. The van der Waals surface area contributed by atoms with Crippen LogP contribution < -0.4 is 5.32 Å². The number of nitrogens with one attached hydrogen (secondary N) is 1. The Morgan fingerprint density at radius 3 is 2.24 bits per heavy atom. The average molecular weight is 239 g/mol. The van der Waals surface area contributed by atoms with Crippen LogP contribution in [0.1, 0.15) is 72.6 Å². The standard InChI is InChI=1S/C16H33N/c1-5-17-16(15-8-6-7-9-15)11-10-14(4)12-13(2)3/h13-17H,5-12H2,1-4H3. The molecule has 2 atom stereocenters. The van der Waals surface area contributed by atoms with Gasteiger partial charge in [0.15, 0.2) is 0 Å². The summed E-state index contributed by atoms with van der Waals surface area (Å²) in [6.07, 6.45) is 10.1. The van der Waals surface area contributed by atoms with E-state index < -0.39 is 0 Å². The van der Waals surface area contributed by atoms with Crippen LogP contribution >= 0.6 is 0 Å². The van der Waals surface area contributed by atoms with Crippen molar-refractivity contribution in [3.8, 4) is 0 Å². The van der Waals surface area contributed by atoms with E-state index in [1.54, 1.807) is 0 Å². The molecule has 0 bridgehead atoms. The maximum atomic E-state index is 3.73. The second-order valence-electron chi connectivity index (χ2n) is 6.52. The van der Waals surface area contributed by atoms with E-state index in [1.165, 1.54) is 44.9 Å². The van der Waals surface area contributed by atoms with E-state index in [9.17, 15) is 0 Å². The van der Waals surface area contributed by atoms with E-state index in [0.29, 0.717) is 0 Å². The summed E-state index contributed by atoms with van der Waals surface area (Å²) in [6, 6.07) is 0.803. The molecule has 17 heavy (non-hydrogen) atoms. The van der Waals surface area contributed by atoms with Crippen LogP contribution in [0.15, 0.2) is 0 Å². The van der Waals surface area contributed by atoms with Gasteiger partial charge in [0.25, 0.3) is 0 Å². The van der Waals surface area contributed by atoms with E-state index in [2.05, 4.69) is 33.0 Å². The predicted octanol–water partition coefficient (Wildman–Crippen LogP) is 4.62. The van der Waals surface area contributed by atoms with Gasteiger partial charge in [0, 0.05) is 6.04 Å². The van der Waals surface area contributed by atoms with E-state index in [4.69, 9.17) is 0 Å². The fraction of sp³-hybridized carbons (Fsp3) is 1.00. The summed E-state index contributed by atoms with van der Waals surface area (Å²) < 4.78 is 0. The number of hydrogen-bond acceptors (Lipinski definition) is 1. The summed E-state index contributed by atoms with van der Waals surface area (Å²) in [6.45, 7) is 10.5. The summed E-state index contributed by atoms with van der Waals surface area (Å²) in [7, 11) is 0. The average Bonchev–Trinajstić information content (AvgIpc) is 2.76. The first-order chi connectivity index (χ1) is 8.13. The van der Waals surface area contributed by atoms with Gasteiger partial charge < -0.3 is 5.32 Å². The molecule has 0 radical (unpaired) electrons. The zero-order valence-corrected chi connectivity index (χ0v) is 12.5. The molecule has 0 amide bonds. The molecule has 1 fully saturated rings. The van der Waals surface area contributed by atoms with Crippen molar-refractivity contribution in [2.75, 3.05) is 6.54 Å². The van der Waals surface area contributed by atoms with Gasteiger partial charge >= 0.3 is 0 Å². The summed E-state index contributed by atoms with van der Waals surface area (Å²) in [5.74, 6) is 2.73. The van der Waals surface area contributed by atoms with Gasteiger partial charge in [-0.25, -0.2) is 0 Å². The molecule has 0 saturated heterocycles. The zero-order valence-electron chi connectivity index (χ0n) is 12.5. The van der Waals surface area contributed by atoms with Crippen molar-refractivity contribution in [2.45, 2.75) is 78.7 Å². The van der Waals surface area contributed by atoms with Gasteiger partial charge in [0.05, 0.1) is 0 Å². The molecule has 0 aromatic rings. The Morgan fingerprint density at radius 2 is 1.71 bits per heavy atom. The first kappa shape index (κ1) is 15.0. The molecule has 1 rings (SSSR count). The van der Waals surface area contributed by atoms with Gasteiger partial charge in [-0.3, -0.25) is 0 Å². The Labute approximate surface area is 109 Å². The Kier molecular flexibility index (Phi) is 7.18. The second-order valence-corrected chi connectivity index (χ2v) is 6.52. The van der Waals surface area contributed by atoms with Gasteiger partial charge in [-0.1, -0.05) is 40.5 Å². The highest BCUT2D eigenvalue weighted by Crippen LogP contribution is 2.30. The SMILES string of the molecule is CCNC(CCC(C)CC(C)C)C1CCCC1. The van der Waals surface area contributed by atoms with Gasteiger partial charge in [-0.05, 0) is 56.4 Å². The Bertz CT molecular complexity index is 182. The molecule has 0 aromatic heterocycles. The number of rotatable bonds is 8. The van der Waals surface area contributed by atoms with Crippen molar-refractivity contribution < 1.29 is 0 Å². The van der Waals surface area contributed by atoms with Crippen LogP contribution in [0.5, 0.6) is 0 Å². The largest absolute Gasteiger partial charge is 0.314 e. The lowest BCUT2D eigenvalue weighted by atomic mass is 9.88. The first-order valence-electron chi connectivity index (χ1n) is 7.86. The number of hydrogen-bond donors (Lipinski definition) is 1. The molecule has 102 valence electrons. The van der Waals surface area contributed by atoms with E-state index >= 15 is 0 Å². The fourth-order valence-electron chi connectivity index (χ4n) is 3.51. The van der Waals surface area contributed by atoms with Crippen LogP contribution in [0.3, 0.4) is 0 Å². The van der Waals surface area contributed by atoms with Crippen molar-refractivity contribution in [3.05, 3.63) is 0 Å². The minimum Gasteiger partial charge on any atom is -0.314 e. The van der Waals surface area contributed by atoms with Crippen molar-refractivity contribution >= 4 is 0 Å². The van der Waals surface area contributed by atoms with Crippen LogP contribution in [0.25, 0.3) is 0 Å². The van der Waals surface area contributed by atoms with E-state index in [-0.39, 0.29) is 0 Å². The summed E-state index contributed by atoms with van der Waals surface area (Å²) in [5, 5.41) is 3.73. The Morgan fingerprint density at radius 1 is 1.06 bits per heavy atom. The smallest absolute Gasteiger partial charge is 0.00953 e. The highest BCUT2D eigenvalue weighted by molar-refractivity contribution is 4.80. The third kappa shape index (κ3) is 5.90. The molecule has 0 spiro atoms. The predicted molar refractivity (Wildman–Crippen MR) is 77.3 cm³/mol. The lowest BCUT2D eigenvalue weighted by Crippen LogP contribution is -2.35. The quantitative estimate of drug-likeness (QED) is 0.652. The molecule has 1 heteroatoms. The van der Waals surface area contributed by atoms with Crippen LogP contribution in [0.4, 0.5) is 0 Å². The van der Waals surface area contributed by atoms with Crippen LogP contribution in [-0.4, -0.2) is 12.6 Å². The summed E-state index contributed by atoms with van der Waals surface area (Å²) >= 11 is 0. The second kappa shape index (κ2) is 8.13. The van der Waals surface area contributed by atoms with Crippen LogP contribution in [0, 0.1) is 17.8 Å². The molecule has 0 heterocycles. The molecule has 0 aliphatic heterocycles. The molecular weight excluding hydrogens is 206 g/mol. The first-order valence-corrected chi connectivity index (χ1v) is 7.86. The van der Waals surface area contributed by atoms with Crippen molar-refractivity contribution in [3.63, 3.8) is 0 Å². The van der Waals surface area contributed by atoms with Crippen LogP contribution in [-0.2, 0) is 0 Å². The van der Waals surface area contributed by atoms with Crippen molar-refractivity contribution in [1.82, 2.24) is 5.32 Å². The Hall–Kier alpha value is -0.0400. The van der Waals surface area contributed by atoms with Gasteiger partial charge in [0.1, 0.15) is 0 Å².